The van der Waals surface area contributed by atoms with Gasteiger partial charge in [0.15, 0.2) is 0 Å². The Balaban J connectivity index is 2.27. The smallest absolute Gasteiger partial charge is 0.253 e. The fourth-order valence-electron chi connectivity index (χ4n) is 1.70. The maximum atomic E-state index is 11.8. The number of hydrogen-bond donors (Lipinski definition) is 1. The lowest BCUT2D eigenvalue weighted by atomic mass is 10.2. The number of hydrazone groups is 1. The third-order valence-electron chi connectivity index (χ3n) is 2.67. The first-order chi connectivity index (χ1) is 8.11. The molecule has 1 aliphatic heterocycles. The number of rotatable bonds is 3. The van der Waals surface area contributed by atoms with E-state index in [-0.39, 0.29) is 5.91 Å². The molecule has 0 atom stereocenters. The second kappa shape index (κ2) is 4.85. The van der Waals surface area contributed by atoms with Crippen LogP contribution in [0, 0.1) is 6.92 Å². The van der Waals surface area contributed by atoms with Crippen molar-refractivity contribution in [3.05, 3.63) is 28.8 Å². The summed E-state index contributed by atoms with van der Waals surface area (Å²) in [5, 5.41) is 6.30. The van der Waals surface area contributed by atoms with Gasteiger partial charge >= 0.3 is 0 Å². The second-order valence-electron chi connectivity index (χ2n) is 4.02. The normalized spacial score (nSPS) is 15.4. The third-order valence-corrected chi connectivity index (χ3v) is 3.07. The molecule has 0 saturated heterocycles. The molecule has 2 rings (SSSR count). The van der Waals surface area contributed by atoms with Crippen LogP contribution < -0.4 is 10.7 Å². The zero-order valence-corrected chi connectivity index (χ0v) is 10.4. The Labute approximate surface area is 105 Å². The van der Waals surface area contributed by atoms with E-state index in [4.69, 9.17) is 17.3 Å². The van der Waals surface area contributed by atoms with Crippen molar-refractivity contribution < 1.29 is 4.79 Å². The fraction of sp³-hybridized carbons (Fsp3) is 0.333. The highest BCUT2D eigenvalue weighted by atomic mass is 35.5. The number of nitrogens with two attached hydrogens (primary N) is 1. The highest BCUT2D eigenvalue weighted by Crippen LogP contribution is 2.26. The predicted molar refractivity (Wildman–Crippen MR) is 69.4 cm³/mol. The minimum absolute atomic E-state index is 0.0339. The van der Waals surface area contributed by atoms with E-state index in [1.807, 2.05) is 19.1 Å². The fourth-order valence-corrected chi connectivity index (χ4v) is 1.88. The maximum absolute atomic E-state index is 11.8. The predicted octanol–water partition coefficient (Wildman–Crippen LogP) is 2.09. The Morgan fingerprint density at radius 3 is 2.94 bits per heavy atom. The van der Waals surface area contributed by atoms with Gasteiger partial charge in [0, 0.05) is 17.2 Å². The van der Waals surface area contributed by atoms with E-state index in [2.05, 4.69) is 5.10 Å². The molecule has 1 aliphatic rings. The number of amides is 1. The highest BCUT2D eigenvalue weighted by Gasteiger charge is 2.24. The average molecular weight is 252 g/mol. The minimum Gasteiger partial charge on any atom is -0.330 e. The summed E-state index contributed by atoms with van der Waals surface area (Å²) >= 11 is 6.03. The molecule has 0 unspecified atom stereocenters. The molecule has 90 valence electrons. The van der Waals surface area contributed by atoms with Crippen LogP contribution >= 0.6 is 11.6 Å². The number of carbonyl (C=O) groups excluding carboxylic acids is 1. The van der Waals surface area contributed by atoms with Crippen LogP contribution in [-0.4, -0.2) is 18.2 Å². The zero-order chi connectivity index (χ0) is 12.4. The van der Waals surface area contributed by atoms with E-state index in [0.29, 0.717) is 30.1 Å². The number of halogens is 1. The van der Waals surface area contributed by atoms with E-state index in [9.17, 15) is 4.79 Å². The maximum Gasteiger partial charge on any atom is 0.253 e. The summed E-state index contributed by atoms with van der Waals surface area (Å²) in [7, 11) is 0. The molecule has 0 aliphatic carbocycles. The highest BCUT2D eigenvalue weighted by molar-refractivity contribution is 6.31. The second-order valence-corrected chi connectivity index (χ2v) is 4.43. The van der Waals surface area contributed by atoms with Gasteiger partial charge in [-0.25, -0.2) is 5.01 Å². The van der Waals surface area contributed by atoms with Crippen LogP contribution in [0.1, 0.15) is 18.4 Å². The summed E-state index contributed by atoms with van der Waals surface area (Å²) < 4.78 is 0. The topological polar surface area (TPSA) is 58.7 Å². The molecular formula is C12H14ClN3O. The molecule has 1 heterocycles. The first kappa shape index (κ1) is 12.1. The van der Waals surface area contributed by atoms with Crippen molar-refractivity contribution in [3.63, 3.8) is 0 Å². The van der Waals surface area contributed by atoms with Crippen molar-refractivity contribution in [2.24, 2.45) is 10.8 Å². The molecule has 0 spiro atoms. The van der Waals surface area contributed by atoms with Crippen LogP contribution in [0.5, 0.6) is 0 Å². The molecule has 0 radical (unpaired) electrons. The Morgan fingerprint density at radius 2 is 2.29 bits per heavy atom. The molecule has 0 bridgehead atoms. The third kappa shape index (κ3) is 2.48. The van der Waals surface area contributed by atoms with Gasteiger partial charge in [0.1, 0.15) is 0 Å². The van der Waals surface area contributed by atoms with Gasteiger partial charge in [-0.15, -0.1) is 0 Å². The molecule has 0 aromatic heterocycles. The molecule has 4 nitrogen and oxygen atoms in total. The van der Waals surface area contributed by atoms with Crippen LogP contribution in [0.2, 0.25) is 5.02 Å². The van der Waals surface area contributed by atoms with Crippen LogP contribution in [0.3, 0.4) is 0 Å². The van der Waals surface area contributed by atoms with Crippen molar-refractivity contribution in [2.75, 3.05) is 11.6 Å². The SMILES string of the molecule is Cc1ccc(N2N=C(CCN)CC2=O)cc1Cl. The zero-order valence-electron chi connectivity index (χ0n) is 9.61. The van der Waals surface area contributed by atoms with Crippen molar-refractivity contribution in [2.45, 2.75) is 19.8 Å². The quantitative estimate of drug-likeness (QED) is 0.894. The van der Waals surface area contributed by atoms with Gasteiger partial charge in [-0.1, -0.05) is 17.7 Å². The number of benzene rings is 1. The lowest BCUT2D eigenvalue weighted by Crippen LogP contribution is -2.19. The van der Waals surface area contributed by atoms with E-state index in [0.717, 1.165) is 11.3 Å². The number of anilines is 1. The first-order valence-corrected chi connectivity index (χ1v) is 5.85. The monoisotopic (exact) mass is 251 g/mol. The summed E-state index contributed by atoms with van der Waals surface area (Å²) in [6, 6.07) is 5.47. The first-order valence-electron chi connectivity index (χ1n) is 5.47. The molecule has 2 N–H and O–H groups in total. The van der Waals surface area contributed by atoms with Crippen LogP contribution in [0.4, 0.5) is 5.69 Å². The summed E-state index contributed by atoms with van der Waals surface area (Å²) in [6.45, 7) is 2.43. The summed E-state index contributed by atoms with van der Waals surface area (Å²) in [6.07, 6.45) is 1.00. The molecule has 17 heavy (non-hydrogen) atoms. The summed E-state index contributed by atoms with van der Waals surface area (Å²) in [5.41, 5.74) is 7.96. The number of aryl methyl sites for hydroxylation is 1. The minimum atomic E-state index is -0.0339. The lowest BCUT2D eigenvalue weighted by molar-refractivity contribution is -0.116. The van der Waals surface area contributed by atoms with Gasteiger partial charge in [0.25, 0.3) is 5.91 Å². The molecule has 1 aromatic rings. The van der Waals surface area contributed by atoms with Crippen molar-refractivity contribution in [3.8, 4) is 0 Å². The molecule has 0 saturated carbocycles. The van der Waals surface area contributed by atoms with Crippen molar-refractivity contribution >= 4 is 28.9 Å². The van der Waals surface area contributed by atoms with Gasteiger partial charge in [0.2, 0.25) is 0 Å². The molecular weight excluding hydrogens is 238 g/mol. The van der Waals surface area contributed by atoms with E-state index in [1.165, 1.54) is 5.01 Å². The average Bonchev–Trinajstić information content (AvgIpc) is 2.64. The Kier molecular flexibility index (Phi) is 3.45. The molecule has 0 fully saturated rings. The van der Waals surface area contributed by atoms with Crippen molar-refractivity contribution in [1.82, 2.24) is 0 Å². The largest absolute Gasteiger partial charge is 0.330 e. The van der Waals surface area contributed by atoms with E-state index < -0.39 is 0 Å². The lowest BCUT2D eigenvalue weighted by Gasteiger charge is -2.12. The van der Waals surface area contributed by atoms with Gasteiger partial charge in [-0.05, 0) is 31.2 Å². The number of nitrogens with zero attached hydrogens (tertiary/aromatic N) is 2. The van der Waals surface area contributed by atoms with Crippen LogP contribution in [0.15, 0.2) is 23.3 Å². The van der Waals surface area contributed by atoms with Gasteiger partial charge in [0.05, 0.1) is 12.1 Å². The van der Waals surface area contributed by atoms with Gasteiger partial charge < -0.3 is 5.73 Å². The van der Waals surface area contributed by atoms with Crippen molar-refractivity contribution in [1.29, 1.82) is 0 Å². The Hall–Kier alpha value is -1.39. The Bertz CT molecular complexity index is 485. The van der Waals surface area contributed by atoms with Gasteiger partial charge in [-0.2, -0.15) is 5.10 Å². The van der Waals surface area contributed by atoms with Gasteiger partial charge in [-0.3, -0.25) is 4.79 Å². The summed E-state index contributed by atoms with van der Waals surface area (Å²) in [5.74, 6) is -0.0339. The molecule has 1 amide bonds. The number of carbonyl (C=O) groups is 1. The number of hydrogen-bond acceptors (Lipinski definition) is 3. The Morgan fingerprint density at radius 1 is 1.53 bits per heavy atom. The van der Waals surface area contributed by atoms with E-state index >= 15 is 0 Å². The van der Waals surface area contributed by atoms with Crippen LogP contribution in [-0.2, 0) is 4.79 Å². The molecule has 5 heteroatoms. The van der Waals surface area contributed by atoms with E-state index in [1.54, 1.807) is 6.07 Å². The summed E-state index contributed by atoms with van der Waals surface area (Å²) in [4.78, 5) is 11.8. The van der Waals surface area contributed by atoms with Crippen LogP contribution in [0.25, 0.3) is 0 Å². The molecule has 1 aromatic carbocycles. The standard InChI is InChI=1S/C12H14ClN3O/c1-8-2-3-10(7-11(8)13)16-12(17)6-9(15-16)4-5-14/h2-3,7H,4-6,14H2,1H3.